The van der Waals surface area contributed by atoms with Crippen molar-refractivity contribution in [1.29, 1.82) is 0 Å². The molecule has 31 heavy (non-hydrogen) atoms. The van der Waals surface area contributed by atoms with E-state index in [2.05, 4.69) is 85.6 Å². The zero-order valence-corrected chi connectivity index (χ0v) is 19.3. The number of halogens is 1. The summed E-state index contributed by atoms with van der Waals surface area (Å²) in [5, 5.41) is 8.37. The van der Waals surface area contributed by atoms with E-state index in [0.29, 0.717) is 0 Å². The SMILES string of the molecule is Cc1ccc(NCC(=O)N/N=C\c2cn(Cc3ccc(I)cc3)c3ccccc23)cc1. The van der Waals surface area contributed by atoms with Gasteiger partial charge in [0.15, 0.2) is 0 Å². The van der Waals surface area contributed by atoms with Crippen LogP contribution >= 0.6 is 22.6 Å². The molecule has 0 aliphatic carbocycles. The first-order chi connectivity index (χ1) is 15.1. The molecule has 0 aliphatic heterocycles. The molecule has 0 fully saturated rings. The summed E-state index contributed by atoms with van der Waals surface area (Å²) in [7, 11) is 0. The van der Waals surface area contributed by atoms with Gasteiger partial charge in [-0.3, -0.25) is 4.79 Å². The van der Waals surface area contributed by atoms with Crippen molar-refractivity contribution >= 4 is 51.3 Å². The van der Waals surface area contributed by atoms with Crippen molar-refractivity contribution in [3.63, 3.8) is 0 Å². The molecule has 5 nitrogen and oxygen atoms in total. The molecule has 1 aromatic heterocycles. The number of hydrogen-bond donors (Lipinski definition) is 2. The highest BCUT2D eigenvalue weighted by Crippen LogP contribution is 2.21. The maximum atomic E-state index is 12.1. The summed E-state index contributed by atoms with van der Waals surface area (Å²) in [5.41, 5.74) is 8.02. The molecule has 4 aromatic rings. The van der Waals surface area contributed by atoms with E-state index >= 15 is 0 Å². The van der Waals surface area contributed by atoms with Crippen molar-refractivity contribution in [3.05, 3.63) is 99.3 Å². The number of aromatic nitrogens is 1. The van der Waals surface area contributed by atoms with Crippen molar-refractivity contribution in [3.8, 4) is 0 Å². The molecular weight excluding hydrogens is 499 g/mol. The minimum atomic E-state index is -0.195. The standard InChI is InChI=1S/C25H23IN4O/c1-18-6-12-22(13-7-18)27-15-25(31)29-28-14-20-17-30(24-5-3-2-4-23(20)24)16-19-8-10-21(26)11-9-19/h2-14,17,27H,15-16H2,1H3,(H,29,31)/b28-14-. The summed E-state index contributed by atoms with van der Waals surface area (Å²) in [6.45, 7) is 2.97. The van der Waals surface area contributed by atoms with Crippen LogP contribution in [0.5, 0.6) is 0 Å². The second kappa shape index (κ2) is 9.78. The minimum absolute atomic E-state index is 0.162. The second-order valence-corrected chi connectivity index (χ2v) is 8.61. The van der Waals surface area contributed by atoms with Crippen LogP contribution in [0.4, 0.5) is 5.69 Å². The fourth-order valence-corrected chi connectivity index (χ4v) is 3.72. The number of aryl methyl sites for hydroxylation is 1. The molecule has 156 valence electrons. The maximum absolute atomic E-state index is 12.1. The second-order valence-electron chi connectivity index (χ2n) is 7.37. The summed E-state index contributed by atoms with van der Waals surface area (Å²) >= 11 is 2.31. The lowest BCUT2D eigenvalue weighted by molar-refractivity contribution is -0.119. The molecule has 0 radical (unpaired) electrons. The van der Waals surface area contributed by atoms with Gasteiger partial charge in [0.05, 0.1) is 12.8 Å². The van der Waals surface area contributed by atoms with Crippen LogP contribution in [0, 0.1) is 10.5 Å². The number of hydrogen-bond acceptors (Lipinski definition) is 3. The summed E-state index contributed by atoms with van der Waals surface area (Å²) < 4.78 is 3.43. The topological polar surface area (TPSA) is 58.4 Å². The highest BCUT2D eigenvalue weighted by molar-refractivity contribution is 14.1. The third-order valence-electron chi connectivity index (χ3n) is 4.98. The van der Waals surface area contributed by atoms with E-state index in [9.17, 15) is 4.79 Å². The molecule has 0 atom stereocenters. The van der Waals surface area contributed by atoms with Crippen molar-refractivity contribution in [2.24, 2.45) is 5.10 Å². The lowest BCUT2D eigenvalue weighted by atomic mass is 10.2. The molecule has 0 spiro atoms. The number of carbonyl (C=O) groups excluding carboxylic acids is 1. The Morgan fingerprint density at radius 2 is 1.77 bits per heavy atom. The maximum Gasteiger partial charge on any atom is 0.259 e. The molecule has 0 bridgehead atoms. The highest BCUT2D eigenvalue weighted by Gasteiger charge is 2.07. The minimum Gasteiger partial charge on any atom is -0.376 e. The van der Waals surface area contributed by atoms with Crippen LogP contribution in [-0.4, -0.2) is 23.2 Å². The Kier molecular flexibility index (Phi) is 6.66. The summed E-state index contributed by atoms with van der Waals surface area (Å²) in [5.74, 6) is -0.195. The third-order valence-corrected chi connectivity index (χ3v) is 5.70. The Labute approximate surface area is 195 Å². The number of amides is 1. The predicted molar refractivity (Wildman–Crippen MR) is 136 cm³/mol. The first kappa shape index (κ1) is 21.1. The first-order valence-corrected chi connectivity index (χ1v) is 11.1. The summed E-state index contributed by atoms with van der Waals surface area (Å²) in [4.78, 5) is 12.1. The Morgan fingerprint density at radius 3 is 2.55 bits per heavy atom. The number of anilines is 1. The number of fused-ring (bicyclic) bond motifs is 1. The molecule has 3 aromatic carbocycles. The number of rotatable bonds is 7. The average molecular weight is 522 g/mol. The first-order valence-electron chi connectivity index (χ1n) is 10.0. The van der Waals surface area contributed by atoms with Gasteiger partial charge in [-0.25, -0.2) is 5.43 Å². The number of carbonyl (C=O) groups is 1. The van der Waals surface area contributed by atoms with Gasteiger partial charge in [0.1, 0.15) is 0 Å². The van der Waals surface area contributed by atoms with Crippen LogP contribution < -0.4 is 10.7 Å². The van der Waals surface area contributed by atoms with E-state index in [1.54, 1.807) is 6.21 Å². The monoisotopic (exact) mass is 522 g/mol. The van der Waals surface area contributed by atoms with Crippen LogP contribution in [-0.2, 0) is 11.3 Å². The van der Waals surface area contributed by atoms with E-state index in [0.717, 1.165) is 28.7 Å². The number of hydrazone groups is 1. The van der Waals surface area contributed by atoms with Crippen molar-refractivity contribution < 1.29 is 4.79 Å². The van der Waals surface area contributed by atoms with Gasteiger partial charge in [-0.1, -0.05) is 48.0 Å². The molecule has 2 N–H and O–H groups in total. The zero-order valence-electron chi connectivity index (χ0n) is 17.2. The Hall–Kier alpha value is -3.13. The van der Waals surface area contributed by atoms with E-state index in [4.69, 9.17) is 0 Å². The summed E-state index contributed by atoms with van der Waals surface area (Å²) in [6, 6.07) is 24.7. The fourth-order valence-electron chi connectivity index (χ4n) is 3.36. The summed E-state index contributed by atoms with van der Waals surface area (Å²) in [6.07, 6.45) is 3.78. The van der Waals surface area contributed by atoms with Gasteiger partial charge in [0.25, 0.3) is 5.91 Å². The van der Waals surface area contributed by atoms with Crippen molar-refractivity contribution in [2.75, 3.05) is 11.9 Å². The van der Waals surface area contributed by atoms with E-state index in [-0.39, 0.29) is 12.5 Å². The molecule has 6 heteroatoms. The van der Waals surface area contributed by atoms with Gasteiger partial charge < -0.3 is 9.88 Å². The zero-order chi connectivity index (χ0) is 21.6. The number of para-hydroxylation sites is 1. The molecule has 1 amide bonds. The predicted octanol–water partition coefficient (Wildman–Crippen LogP) is 5.16. The van der Waals surface area contributed by atoms with E-state index in [1.165, 1.54) is 14.7 Å². The Balaban J connectivity index is 1.42. The average Bonchev–Trinajstić information content (AvgIpc) is 3.12. The Bertz CT molecular complexity index is 1210. The third kappa shape index (κ3) is 5.52. The van der Waals surface area contributed by atoms with Crippen LogP contribution in [0.3, 0.4) is 0 Å². The molecule has 0 aliphatic rings. The lowest BCUT2D eigenvalue weighted by Gasteiger charge is -2.05. The molecule has 0 saturated heterocycles. The van der Waals surface area contributed by atoms with Gasteiger partial charge in [0, 0.05) is 38.5 Å². The van der Waals surface area contributed by atoms with Crippen molar-refractivity contribution in [1.82, 2.24) is 9.99 Å². The molecule has 1 heterocycles. The van der Waals surface area contributed by atoms with Gasteiger partial charge in [-0.15, -0.1) is 0 Å². The lowest BCUT2D eigenvalue weighted by Crippen LogP contribution is -2.25. The van der Waals surface area contributed by atoms with Crippen molar-refractivity contribution in [2.45, 2.75) is 13.5 Å². The number of nitrogens with one attached hydrogen (secondary N) is 2. The molecular formula is C25H23IN4O. The number of nitrogens with zero attached hydrogens (tertiary/aromatic N) is 2. The van der Waals surface area contributed by atoms with Gasteiger partial charge in [-0.05, 0) is 65.4 Å². The molecule has 0 unspecified atom stereocenters. The quantitative estimate of drug-likeness (QED) is 0.200. The normalized spacial score (nSPS) is 11.2. The van der Waals surface area contributed by atoms with Crippen LogP contribution in [0.25, 0.3) is 10.9 Å². The van der Waals surface area contributed by atoms with Gasteiger partial charge in [0.2, 0.25) is 0 Å². The van der Waals surface area contributed by atoms with Crippen LogP contribution in [0.1, 0.15) is 16.7 Å². The van der Waals surface area contributed by atoms with Crippen LogP contribution in [0.15, 0.2) is 84.1 Å². The van der Waals surface area contributed by atoms with E-state index < -0.39 is 0 Å². The van der Waals surface area contributed by atoms with Gasteiger partial charge >= 0.3 is 0 Å². The fraction of sp³-hybridized carbons (Fsp3) is 0.120. The smallest absolute Gasteiger partial charge is 0.259 e. The Morgan fingerprint density at radius 1 is 1.03 bits per heavy atom. The van der Waals surface area contributed by atoms with E-state index in [1.807, 2.05) is 43.3 Å². The van der Waals surface area contributed by atoms with Gasteiger partial charge in [-0.2, -0.15) is 5.10 Å². The molecule has 0 saturated carbocycles. The highest BCUT2D eigenvalue weighted by atomic mass is 127. The molecule has 4 rings (SSSR count). The largest absolute Gasteiger partial charge is 0.376 e. The number of benzene rings is 3. The van der Waals surface area contributed by atoms with Crippen LogP contribution in [0.2, 0.25) is 0 Å².